The number of nitrogens with two attached hydrogens (primary N) is 2. The smallest absolute Gasteiger partial charge is 0.175 e. The minimum atomic E-state index is -3.36. The summed E-state index contributed by atoms with van der Waals surface area (Å²) in [6, 6.07) is 10.6. The number of rotatable bonds is 5. The van der Waals surface area contributed by atoms with Crippen molar-refractivity contribution in [3.63, 3.8) is 0 Å². The molecule has 5 rings (SSSR count). The molecule has 0 saturated heterocycles. The lowest BCUT2D eigenvalue weighted by Crippen LogP contribution is -2.24. The summed E-state index contributed by atoms with van der Waals surface area (Å²) >= 11 is 0. The third-order valence-corrected chi connectivity index (χ3v) is 8.05. The second kappa shape index (κ2) is 8.77. The monoisotopic (exact) mass is 546 g/mol. The summed E-state index contributed by atoms with van der Waals surface area (Å²) in [7, 11) is -3.36. The fourth-order valence-corrected chi connectivity index (χ4v) is 5.93. The van der Waals surface area contributed by atoms with Gasteiger partial charge >= 0.3 is 0 Å². The molecule has 0 amide bonds. The first-order chi connectivity index (χ1) is 18.1. The van der Waals surface area contributed by atoms with E-state index in [0.717, 1.165) is 28.2 Å². The Balaban J connectivity index is 1.63. The van der Waals surface area contributed by atoms with E-state index in [1.165, 1.54) is 6.26 Å². The lowest BCUT2D eigenvalue weighted by atomic mass is 9.81. The summed E-state index contributed by atoms with van der Waals surface area (Å²) in [4.78, 5) is 9.91. The first-order valence-corrected chi connectivity index (χ1v) is 14.6. The Morgan fingerprint density at radius 1 is 0.897 bits per heavy atom. The fraction of sp³-hybridized carbons (Fsp3) is 0.357. The SMILES string of the molecule is Cc1cc(CC(C)(C)c2c(N)nn3ccc(-c4cccc(S(C)(=O)=O)c4)nc23)n2nc(N)c(C(C)(C)C)c2n1. The highest BCUT2D eigenvalue weighted by Gasteiger charge is 2.32. The van der Waals surface area contributed by atoms with E-state index in [9.17, 15) is 8.42 Å². The van der Waals surface area contributed by atoms with E-state index >= 15 is 0 Å². The Hall–Kier alpha value is -3.99. The topological polar surface area (TPSA) is 147 Å². The van der Waals surface area contributed by atoms with Gasteiger partial charge in [0.15, 0.2) is 32.8 Å². The summed E-state index contributed by atoms with van der Waals surface area (Å²) in [5.74, 6) is 0.852. The highest BCUT2D eigenvalue weighted by molar-refractivity contribution is 7.90. The van der Waals surface area contributed by atoms with Gasteiger partial charge in [-0.15, -0.1) is 10.2 Å². The van der Waals surface area contributed by atoms with Crippen LogP contribution in [0.4, 0.5) is 11.6 Å². The van der Waals surface area contributed by atoms with Gasteiger partial charge in [0, 0.05) is 45.9 Å². The Bertz CT molecular complexity index is 1860. The van der Waals surface area contributed by atoms with Crippen LogP contribution >= 0.6 is 0 Å². The minimum Gasteiger partial charge on any atom is -0.382 e. The molecular formula is C28H34N8O2S. The summed E-state index contributed by atoms with van der Waals surface area (Å²) < 4.78 is 27.7. The molecule has 0 saturated carbocycles. The average molecular weight is 547 g/mol. The molecule has 0 radical (unpaired) electrons. The predicted octanol–water partition coefficient (Wildman–Crippen LogP) is 4.13. The number of aromatic nitrogens is 6. The van der Waals surface area contributed by atoms with E-state index in [4.69, 9.17) is 21.4 Å². The highest BCUT2D eigenvalue weighted by Crippen LogP contribution is 2.37. The van der Waals surface area contributed by atoms with Gasteiger partial charge < -0.3 is 11.5 Å². The van der Waals surface area contributed by atoms with Gasteiger partial charge in [-0.3, -0.25) is 0 Å². The van der Waals surface area contributed by atoms with Gasteiger partial charge in [0.05, 0.1) is 10.6 Å². The van der Waals surface area contributed by atoms with E-state index < -0.39 is 15.3 Å². The van der Waals surface area contributed by atoms with Crippen LogP contribution in [0.5, 0.6) is 0 Å². The second-order valence-corrected chi connectivity index (χ2v) is 13.9. The second-order valence-electron chi connectivity index (χ2n) is 11.8. The van der Waals surface area contributed by atoms with Crippen LogP contribution in [-0.2, 0) is 27.1 Å². The van der Waals surface area contributed by atoms with E-state index in [2.05, 4.69) is 44.8 Å². The van der Waals surface area contributed by atoms with Crippen LogP contribution < -0.4 is 11.5 Å². The quantitative estimate of drug-likeness (QED) is 0.334. The number of fused-ring (bicyclic) bond motifs is 2. The zero-order chi connectivity index (χ0) is 28.5. The van der Waals surface area contributed by atoms with Gasteiger partial charge in [0.2, 0.25) is 0 Å². The van der Waals surface area contributed by atoms with Crippen molar-refractivity contribution in [2.24, 2.45) is 0 Å². The molecule has 1 aromatic carbocycles. The molecule has 0 aliphatic heterocycles. The normalized spacial score (nSPS) is 13.0. The Morgan fingerprint density at radius 2 is 1.59 bits per heavy atom. The summed E-state index contributed by atoms with van der Waals surface area (Å²) in [5, 5.41) is 9.19. The number of anilines is 2. The van der Waals surface area contributed by atoms with Crippen LogP contribution in [0, 0.1) is 6.92 Å². The highest BCUT2D eigenvalue weighted by atomic mass is 32.2. The third kappa shape index (κ3) is 4.71. The van der Waals surface area contributed by atoms with E-state index in [1.54, 1.807) is 35.0 Å². The summed E-state index contributed by atoms with van der Waals surface area (Å²) in [6.45, 7) is 12.5. The first-order valence-electron chi connectivity index (χ1n) is 12.7. The van der Waals surface area contributed by atoms with Gasteiger partial charge in [-0.2, -0.15) is 0 Å². The number of nitrogens with zero attached hydrogens (tertiary/aromatic N) is 6. The molecule has 0 unspecified atom stereocenters. The van der Waals surface area contributed by atoms with Crippen molar-refractivity contribution in [3.8, 4) is 11.3 Å². The van der Waals surface area contributed by atoms with Crippen molar-refractivity contribution in [2.75, 3.05) is 17.7 Å². The Kier molecular flexibility index (Phi) is 5.98. The maximum atomic E-state index is 12.1. The molecule has 0 fully saturated rings. The van der Waals surface area contributed by atoms with Crippen molar-refractivity contribution >= 4 is 32.8 Å². The van der Waals surface area contributed by atoms with Crippen LogP contribution in [0.2, 0.25) is 0 Å². The zero-order valence-corrected chi connectivity index (χ0v) is 24.1. The number of hydrogen-bond acceptors (Lipinski definition) is 8. The Morgan fingerprint density at radius 3 is 2.26 bits per heavy atom. The zero-order valence-electron chi connectivity index (χ0n) is 23.3. The number of aryl methyl sites for hydroxylation is 1. The maximum absolute atomic E-state index is 12.1. The van der Waals surface area contributed by atoms with Gasteiger partial charge in [0.1, 0.15) is 0 Å². The molecule has 0 aliphatic carbocycles. The van der Waals surface area contributed by atoms with Crippen molar-refractivity contribution in [3.05, 3.63) is 65.1 Å². The molecule has 0 spiro atoms. The van der Waals surface area contributed by atoms with Crippen molar-refractivity contribution in [2.45, 2.75) is 63.7 Å². The predicted molar refractivity (Wildman–Crippen MR) is 154 cm³/mol. The summed E-state index contributed by atoms with van der Waals surface area (Å²) in [6.07, 6.45) is 3.55. The third-order valence-electron chi connectivity index (χ3n) is 6.94. The largest absolute Gasteiger partial charge is 0.382 e. The Labute approximate surface area is 228 Å². The van der Waals surface area contributed by atoms with Crippen LogP contribution in [0.25, 0.3) is 22.6 Å². The molecule has 10 nitrogen and oxygen atoms in total. The van der Waals surface area contributed by atoms with Crippen LogP contribution in [0.3, 0.4) is 0 Å². The molecule has 39 heavy (non-hydrogen) atoms. The molecule has 5 aromatic rings. The molecule has 4 aromatic heterocycles. The van der Waals surface area contributed by atoms with Crippen LogP contribution in [-0.4, -0.2) is 43.9 Å². The van der Waals surface area contributed by atoms with E-state index in [-0.39, 0.29) is 10.3 Å². The minimum absolute atomic E-state index is 0.221. The van der Waals surface area contributed by atoms with Crippen LogP contribution in [0.15, 0.2) is 47.5 Å². The molecule has 4 N–H and O–H groups in total. The molecular weight excluding hydrogens is 512 g/mol. The van der Waals surface area contributed by atoms with Crippen molar-refractivity contribution in [1.82, 2.24) is 29.2 Å². The number of benzene rings is 1. The first kappa shape index (κ1) is 26.6. The lowest BCUT2D eigenvalue weighted by Gasteiger charge is -2.25. The van der Waals surface area contributed by atoms with Gasteiger partial charge in [-0.25, -0.2) is 27.4 Å². The summed E-state index contributed by atoms with van der Waals surface area (Å²) in [5.41, 5.74) is 18.3. The molecule has 4 heterocycles. The van der Waals surface area contributed by atoms with Gasteiger partial charge in [-0.05, 0) is 43.0 Å². The fourth-order valence-electron chi connectivity index (χ4n) is 5.26. The molecule has 11 heteroatoms. The van der Waals surface area contributed by atoms with Gasteiger partial charge in [0.25, 0.3) is 0 Å². The maximum Gasteiger partial charge on any atom is 0.175 e. The molecule has 204 valence electrons. The molecule has 0 bridgehead atoms. The van der Waals surface area contributed by atoms with E-state index in [0.29, 0.717) is 35.0 Å². The van der Waals surface area contributed by atoms with Gasteiger partial charge in [-0.1, -0.05) is 46.8 Å². The van der Waals surface area contributed by atoms with Crippen LogP contribution in [0.1, 0.15) is 57.1 Å². The number of hydrogen-bond donors (Lipinski definition) is 2. The number of nitrogen functional groups attached to an aromatic ring is 2. The van der Waals surface area contributed by atoms with Crippen molar-refractivity contribution < 1.29 is 8.42 Å². The standard InChI is InChI=1S/C28H34N8O2S/c1-16-13-18(36-26(31-16)21(23(29)34-36)27(2,3)4)15-28(5,6)22-24(30)33-35-12-11-20(32-25(22)35)17-9-8-10-19(14-17)39(7,37)38/h8-14H,15H2,1-7H3,(H2,29,34)(H2,30,33). The number of sulfone groups is 1. The molecule has 0 aliphatic rings. The van der Waals surface area contributed by atoms with E-state index in [1.807, 2.05) is 23.6 Å². The lowest BCUT2D eigenvalue weighted by molar-refractivity contribution is 0.512. The average Bonchev–Trinajstić information content (AvgIpc) is 3.33. The molecule has 0 atom stereocenters. The van der Waals surface area contributed by atoms with Crippen molar-refractivity contribution in [1.29, 1.82) is 0 Å².